The van der Waals surface area contributed by atoms with Gasteiger partial charge in [-0.3, -0.25) is 0 Å². The van der Waals surface area contributed by atoms with Crippen LogP contribution in [-0.4, -0.2) is 22.1 Å². The normalized spacial score (nSPS) is 9.50. The molecule has 0 saturated carbocycles. The van der Waals surface area contributed by atoms with Crippen LogP contribution in [0.5, 0.6) is 0 Å². The van der Waals surface area contributed by atoms with Gasteiger partial charge in [-0.15, -0.1) is 0 Å². The lowest BCUT2D eigenvalue weighted by Gasteiger charge is -1.93. The van der Waals surface area contributed by atoms with Gasteiger partial charge in [-0.25, -0.2) is 4.57 Å². The number of aryl methyl sites for hydroxylation is 1. The lowest BCUT2D eigenvalue weighted by Crippen LogP contribution is -2.31. The average molecular weight is 143 g/mol. The first-order chi connectivity index (χ1) is 4.68. The Morgan fingerprint density at radius 1 is 1.60 bits per heavy atom. The maximum Gasteiger partial charge on any atom is 0.747 e. The van der Waals surface area contributed by atoms with E-state index >= 15 is 0 Å². The lowest BCUT2D eigenvalue weighted by molar-refractivity contribution is -0.671. The Morgan fingerprint density at radius 2 is 2.30 bits per heavy atom. The van der Waals surface area contributed by atoms with E-state index < -0.39 is 7.32 Å². The molecule has 1 heterocycles. The third-order valence-corrected chi connectivity index (χ3v) is 0.961. The molecule has 6 heteroatoms. The standard InChI is InChI=1S/C4H8BN2O3/c1-6-2-3-7(4-6)10-5(8)9/h2-4,8-9H,1H3/q+1. The molecule has 1 aromatic rings. The first-order valence-electron chi connectivity index (χ1n) is 2.75. The molecule has 0 aliphatic carbocycles. The molecule has 5 nitrogen and oxygen atoms in total. The third-order valence-electron chi connectivity index (χ3n) is 0.961. The van der Waals surface area contributed by atoms with Crippen LogP contribution in [0, 0.1) is 0 Å². The molecule has 0 bridgehead atoms. The Hall–Kier alpha value is -1.01. The number of hydrogen-bond acceptors (Lipinski definition) is 3. The molecule has 1 aromatic heterocycles. The van der Waals surface area contributed by atoms with Crippen molar-refractivity contribution < 1.29 is 19.4 Å². The van der Waals surface area contributed by atoms with E-state index in [9.17, 15) is 0 Å². The van der Waals surface area contributed by atoms with Crippen molar-refractivity contribution >= 4 is 7.32 Å². The van der Waals surface area contributed by atoms with Crippen molar-refractivity contribution in [2.75, 3.05) is 0 Å². The van der Waals surface area contributed by atoms with Crippen LogP contribution in [0.3, 0.4) is 0 Å². The Kier molecular flexibility index (Phi) is 1.93. The fraction of sp³-hybridized carbons (Fsp3) is 0.250. The van der Waals surface area contributed by atoms with E-state index in [0.29, 0.717) is 0 Å². The largest absolute Gasteiger partial charge is 0.747 e. The van der Waals surface area contributed by atoms with Crippen molar-refractivity contribution in [1.29, 1.82) is 0 Å². The number of rotatable bonds is 2. The van der Waals surface area contributed by atoms with E-state index in [-0.39, 0.29) is 0 Å². The second-order valence-electron chi connectivity index (χ2n) is 1.87. The zero-order valence-corrected chi connectivity index (χ0v) is 5.51. The molecule has 54 valence electrons. The average Bonchev–Trinajstić information content (AvgIpc) is 2.13. The van der Waals surface area contributed by atoms with E-state index in [1.165, 1.54) is 4.73 Å². The van der Waals surface area contributed by atoms with E-state index in [1.807, 2.05) is 0 Å². The molecule has 0 fully saturated rings. The van der Waals surface area contributed by atoms with Gasteiger partial charge in [0.15, 0.2) is 6.20 Å². The summed E-state index contributed by atoms with van der Waals surface area (Å²) in [5, 5.41) is 16.6. The molecule has 1 rings (SSSR count). The first-order valence-corrected chi connectivity index (χ1v) is 2.75. The van der Waals surface area contributed by atoms with Gasteiger partial charge in [-0.05, 0) is 0 Å². The molecule has 0 aliphatic rings. The summed E-state index contributed by atoms with van der Waals surface area (Å²) in [4.78, 5) is 0. The van der Waals surface area contributed by atoms with Gasteiger partial charge in [0, 0.05) is 0 Å². The Bertz CT molecular complexity index is 212. The molecular formula is C4H8BN2O3+. The molecule has 0 saturated heterocycles. The number of imidazole rings is 1. The highest BCUT2D eigenvalue weighted by Gasteiger charge is 2.15. The maximum atomic E-state index is 8.32. The summed E-state index contributed by atoms with van der Waals surface area (Å²) in [6.07, 6.45) is 4.82. The Labute approximate surface area is 58.2 Å². The topological polar surface area (TPSA) is 58.5 Å². The molecule has 0 atom stereocenters. The van der Waals surface area contributed by atoms with Crippen LogP contribution in [0.15, 0.2) is 18.7 Å². The summed E-state index contributed by atoms with van der Waals surface area (Å²) < 4.78 is 7.35. The summed E-state index contributed by atoms with van der Waals surface area (Å²) in [7, 11) is 0.0243. The van der Waals surface area contributed by atoms with E-state index in [0.717, 1.165) is 0 Å². The van der Waals surface area contributed by atoms with Gasteiger partial charge in [0.1, 0.15) is 6.20 Å². The quantitative estimate of drug-likeness (QED) is 0.362. The fourth-order valence-electron chi connectivity index (χ4n) is 0.599. The minimum absolute atomic E-state index is 1.20. The molecule has 0 unspecified atom stereocenters. The van der Waals surface area contributed by atoms with Gasteiger partial charge in [-0.1, -0.05) is 4.73 Å². The monoisotopic (exact) mass is 143 g/mol. The van der Waals surface area contributed by atoms with E-state index in [2.05, 4.69) is 4.76 Å². The summed E-state index contributed by atoms with van der Waals surface area (Å²) in [6, 6.07) is 0. The van der Waals surface area contributed by atoms with Crippen LogP contribution >= 0.6 is 0 Å². The number of aromatic nitrogens is 2. The molecular weight excluding hydrogens is 135 g/mol. The maximum absolute atomic E-state index is 8.32. The van der Waals surface area contributed by atoms with Gasteiger partial charge in [0.25, 0.3) is 6.33 Å². The van der Waals surface area contributed by atoms with Gasteiger partial charge in [0.2, 0.25) is 0 Å². The molecule has 0 spiro atoms. The second kappa shape index (κ2) is 2.72. The lowest BCUT2D eigenvalue weighted by atomic mass is 10.3. The zero-order chi connectivity index (χ0) is 7.56. The molecule has 0 aliphatic heterocycles. The van der Waals surface area contributed by atoms with E-state index in [1.54, 1.807) is 30.3 Å². The van der Waals surface area contributed by atoms with Crippen LogP contribution in [0.1, 0.15) is 0 Å². The van der Waals surface area contributed by atoms with Crippen LogP contribution in [0.25, 0.3) is 0 Å². The van der Waals surface area contributed by atoms with Crippen molar-refractivity contribution in [2.24, 2.45) is 7.05 Å². The fourth-order valence-corrected chi connectivity index (χ4v) is 0.599. The second-order valence-corrected chi connectivity index (χ2v) is 1.87. The molecule has 10 heavy (non-hydrogen) atoms. The molecule has 2 N–H and O–H groups in total. The van der Waals surface area contributed by atoms with Gasteiger partial charge in [0.05, 0.1) is 7.05 Å². The summed E-state index contributed by atoms with van der Waals surface area (Å²) in [5.74, 6) is 0. The predicted molar refractivity (Wildman–Crippen MR) is 32.4 cm³/mol. The summed E-state index contributed by atoms with van der Waals surface area (Å²) in [5.41, 5.74) is 0. The van der Waals surface area contributed by atoms with Crippen LogP contribution in [0.4, 0.5) is 0 Å². The van der Waals surface area contributed by atoms with Crippen molar-refractivity contribution in [3.63, 3.8) is 0 Å². The van der Waals surface area contributed by atoms with Crippen molar-refractivity contribution in [3.8, 4) is 0 Å². The summed E-state index contributed by atoms with van der Waals surface area (Å²) in [6.45, 7) is 0. The number of hydrogen-bond donors (Lipinski definition) is 2. The van der Waals surface area contributed by atoms with Crippen LogP contribution in [-0.2, 0) is 7.05 Å². The van der Waals surface area contributed by atoms with Crippen LogP contribution in [0.2, 0.25) is 0 Å². The summed E-state index contributed by atoms with van der Waals surface area (Å²) >= 11 is 0. The smallest absolute Gasteiger partial charge is 0.388 e. The van der Waals surface area contributed by atoms with Gasteiger partial charge >= 0.3 is 7.32 Å². The highest BCUT2D eigenvalue weighted by atomic mass is 16.7. The minimum atomic E-state index is -1.77. The molecule has 0 radical (unpaired) electrons. The number of nitrogens with zero attached hydrogens (tertiary/aromatic N) is 2. The zero-order valence-electron chi connectivity index (χ0n) is 5.51. The van der Waals surface area contributed by atoms with E-state index in [4.69, 9.17) is 10.0 Å². The van der Waals surface area contributed by atoms with Crippen molar-refractivity contribution in [1.82, 2.24) is 4.73 Å². The SMILES string of the molecule is C[n+]1ccn(OB(O)O)c1. The Balaban J connectivity index is 2.58. The molecule has 0 aromatic carbocycles. The van der Waals surface area contributed by atoms with Gasteiger partial charge < -0.3 is 14.8 Å². The van der Waals surface area contributed by atoms with Crippen LogP contribution < -0.4 is 9.32 Å². The highest BCUT2D eigenvalue weighted by molar-refractivity contribution is 6.32. The Morgan fingerprint density at radius 3 is 2.70 bits per heavy atom. The highest BCUT2D eigenvalue weighted by Crippen LogP contribution is 1.77. The predicted octanol–water partition coefficient (Wildman–Crippen LogP) is -2.29. The van der Waals surface area contributed by atoms with Crippen molar-refractivity contribution in [3.05, 3.63) is 18.7 Å². The minimum Gasteiger partial charge on any atom is -0.388 e. The van der Waals surface area contributed by atoms with Gasteiger partial charge in [-0.2, -0.15) is 0 Å². The van der Waals surface area contributed by atoms with Crippen molar-refractivity contribution in [2.45, 2.75) is 0 Å². The first kappa shape index (κ1) is 7.11. The third kappa shape index (κ3) is 1.75. The molecule has 0 amide bonds.